The van der Waals surface area contributed by atoms with Crippen molar-refractivity contribution in [1.82, 2.24) is 9.78 Å². The summed E-state index contributed by atoms with van der Waals surface area (Å²) in [4.78, 5) is 11.1. The third kappa shape index (κ3) is 3.37. The van der Waals surface area contributed by atoms with Crippen molar-refractivity contribution in [2.45, 2.75) is 0 Å². The van der Waals surface area contributed by atoms with E-state index in [4.69, 9.17) is 14.2 Å². The fourth-order valence-electron chi connectivity index (χ4n) is 2.80. The van der Waals surface area contributed by atoms with Gasteiger partial charge >= 0.3 is 0 Å². The van der Waals surface area contributed by atoms with E-state index in [1.807, 2.05) is 0 Å². The predicted molar refractivity (Wildman–Crippen MR) is 102 cm³/mol. The molecule has 0 spiro atoms. The SMILES string of the molecule is COc1cc(-n2nc(-c3ccc(O)cc3O)cc2NC=O)cc(OC)c1OC. The summed E-state index contributed by atoms with van der Waals surface area (Å²) >= 11 is 0. The minimum absolute atomic E-state index is 0.0726. The molecule has 3 aromatic rings. The molecule has 0 saturated heterocycles. The van der Waals surface area contributed by atoms with Crippen molar-refractivity contribution < 1.29 is 29.2 Å². The molecule has 0 unspecified atom stereocenters. The van der Waals surface area contributed by atoms with Crippen LogP contribution in [0.3, 0.4) is 0 Å². The third-order valence-corrected chi connectivity index (χ3v) is 4.07. The van der Waals surface area contributed by atoms with Crippen LogP contribution < -0.4 is 19.5 Å². The van der Waals surface area contributed by atoms with E-state index in [1.165, 1.54) is 44.2 Å². The lowest BCUT2D eigenvalue weighted by Crippen LogP contribution is -2.06. The van der Waals surface area contributed by atoms with Gasteiger partial charge in [-0.1, -0.05) is 0 Å². The van der Waals surface area contributed by atoms with Gasteiger partial charge in [-0.2, -0.15) is 5.10 Å². The zero-order valence-corrected chi connectivity index (χ0v) is 15.5. The van der Waals surface area contributed by atoms with Crippen LogP contribution in [0, 0.1) is 0 Å². The largest absolute Gasteiger partial charge is 0.508 e. The minimum atomic E-state index is -0.146. The van der Waals surface area contributed by atoms with Gasteiger partial charge in [0.05, 0.1) is 32.7 Å². The molecule has 146 valence electrons. The Morgan fingerprint density at radius 2 is 1.68 bits per heavy atom. The molecule has 28 heavy (non-hydrogen) atoms. The molecule has 0 aliphatic heterocycles. The Morgan fingerprint density at radius 1 is 1.00 bits per heavy atom. The Kier molecular flexibility index (Phi) is 5.25. The van der Waals surface area contributed by atoms with Crippen LogP contribution in [0.4, 0.5) is 5.82 Å². The van der Waals surface area contributed by atoms with Gasteiger partial charge in [0, 0.05) is 29.8 Å². The first-order valence-corrected chi connectivity index (χ1v) is 8.15. The molecule has 0 saturated carbocycles. The monoisotopic (exact) mass is 385 g/mol. The first kappa shape index (κ1) is 18.9. The summed E-state index contributed by atoms with van der Waals surface area (Å²) in [7, 11) is 4.49. The van der Waals surface area contributed by atoms with Crippen LogP contribution in [-0.2, 0) is 4.79 Å². The van der Waals surface area contributed by atoms with Crippen LogP contribution in [0.15, 0.2) is 36.4 Å². The number of rotatable bonds is 7. The van der Waals surface area contributed by atoms with E-state index in [1.54, 1.807) is 18.2 Å². The van der Waals surface area contributed by atoms with Crippen LogP contribution in [-0.4, -0.2) is 47.7 Å². The number of aromatic nitrogens is 2. The molecule has 9 nitrogen and oxygen atoms in total. The lowest BCUT2D eigenvalue weighted by Gasteiger charge is -2.15. The molecule has 3 N–H and O–H groups in total. The molecule has 0 aliphatic carbocycles. The normalized spacial score (nSPS) is 10.4. The average Bonchev–Trinajstić information content (AvgIpc) is 3.10. The van der Waals surface area contributed by atoms with E-state index < -0.39 is 0 Å². The molecule has 3 rings (SSSR count). The first-order chi connectivity index (χ1) is 13.5. The second-order valence-electron chi connectivity index (χ2n) is 5.67. The fraction of sp³-hybridized carbons (Fsp3) is 0.158. The Labute approximate surface area is 160 Å². The Balaban J connectivity index is 2.19. The number of phenolic OH excluding ortho intramolecular Hbond substituents is 2. The third-order valence-electron chi connectivity index (χ3n) is 4.07. The van der Waals surface area contributed by atoms with Crippen LogP contribution >= 0.6 is 0 Å². The minimum Gasteiger partial charge on any atom is -0.508 e. The van der Waals surface area contributed by atoms with Gasteiger partial charge in [-0.3, -0.25) is 4.79 Å². The maximum Gasteiger partial charge on any atom is 0.212 e. The van der Waals surface area contributed by atoms with Crippen molar-refractivity contribution in [3.8, 4) is 45.7 Å². The van der Waals surface area contributed by atoms with Gasteiger partial charge < -0.3 is 29.7 Å². The Morgan fingerprint density at radius 3 is 2.21 bits per heavy atom. The van der Waals surface area contributed by atoms with E-state index in [2.05, 4.69) is 10.4 Å². The molecule has 1 heterocycles. The van der Waals surface area contributed by atoms with Crippen molar-refractivity contribution in [1.29, 1.82) is 0 Å². The van der Waals surface area contributed by atoms with Gasteiger partial charge in [0.2, 0.25) is 12.2 Å². The summed E-state index contributed by atoms with van der Waals surface area (Å²) < 4.78 is 17.5. The van der Waals surface area contributed by atoms with Gasteiger partial charge in [0.15, 0.2) is 11.5 Å². The summed E-state index contributed by atoms with van der Waals surface area (Å²) in [6.45, 7) is 0. The van der Waals surface area contributed by atoms with Gasteiger partial charge in [0.1, 0.15) is 17.3 Å². The molecular formula is C19H19N3O6. The van der Waals surface area contributed by atoms with E-state index in [0.29, 0.717) is 46.4 Å². The molecule has 2 aromatic carbocycles. The molecule has 0 aliphatic rings. The number of hydrogen-bond donors (Lipinski definition) is 3. The number of benzene rings is 2. The quantitative estimate of drug-likeness (QED) is 0.535. The van der Waals surface area contributed by atoms with Gasteiger partial charge in [-0.25, -0.2) is 4.68 Å². The second kappa shape index (κ2) is 7.78. The van der Waals surface area contributed by atoms with Gasteiger partial charge in [-0.15, -0.1) is 0 Å². The highest BCUT2D eigenvalue weighted by Gasteiger charge is 2.18. The first-order valence-electron chi connectivity index (χ1n) is 8.15. The smallest absolute Gasteiger partial charge is 0.212 e. The zero-order valence-electron chi connectivity index (χ0n) is 15.5. The van der Waals surface area contributed by atoms with Crippen molar-refractivity contribution in [2.75, 3.05) is 26.6 Å². The summed E-state index contributed by atoms with van der Waals surface area (Å²) in [6.07, 6.45) is 0.520. The Bertz CT molecular complexity index is 990. The maximum absolute atomic E-state index is 11.1. The molecule has 1 amide bonds. The number of aromatic hydroxyl groups is 2. The number of amides is 1. The van der Waals surface area contributed by atoms with Crippen LogP contribution in [0.25, 0.3) is 16.9 Å². The summed E-state index contributed by atoms with van der Waals surface area (Å²) in [6, 6.07) is 9.09. The van der Waals surface area contributed by atoms with Gasteiger partial charge in [0.25, 0.3) is 0 Å². The highest BCUT2D eigenvalue weighted by Crippen LogP contribution is 2.40. The number of phenols is 2. The molecular weight excluding hydrogens is 366 g/mol. The van der Waals surface area contributed by atoms with Crippen LogP contribution in [0.2, 0.25) is 0 Å². The number of carbonyl (C=O) groups is 1. The topological polar surface area (TPSA) is 115 Å². The number of nitrogens with zero attached hydrogens (tertiary/aromatic N) is 2. The van der Waals surface area contributed by atoms with Crippen LogP contribution in [0.1, 0.15) is 0 Å². The average molecular weight is 385 g/mol. The van der Waals surface area contributed by atoms with Crippen molar-refractivity contribution in [3.05, 3.63) is 36.4 Å². The number of carbonyl (C=O) groups excluding carboxylic acids is 1. The van der Waals surface area contributed by atoms with Crippen molar-refractivity contribution in [3.63, 3.8) is 0 Å². The Hall–Kier alpha value is -3.88. The molecule has 0 bridgehead atoms. The van der Waals surface area contributed by atoms with E-state index >= 15 is 0 Å². The number of hydrogen-bond acceptors (Lipinski definition) is 7. The van der Waals surface area contributed by atoms with E-state index in [0.717, 1.165) is 0 Å². The van der Waals surface area contributed by atoms with Crippen molar-refractivity contribution >= 4 is 12.2 Å². The highest BCUT2D eigenvalue weighted by molar-refractivity contribution is 5.76. The second-order valence-corrected chi connectivity index (χ2v) is 5.67. The van der Waals surface area contributed by atoms with Gasteiger partial charge in [-0.05, 0) is 12.1 Å². The fourth-order valence-corrected chi connectivity index (χ4v) is 2.80. The number of anilines is 1. The highest BCUT2D eigenvalue weighted by atomic mass is 16.5. The lowest BCUT2D eigenvalue weighted by atomic mass is 10.1. The predicted octanol–water partition coefficient (Wildman–Crippen LogP) is 2.54. The molecule has 0 atom stereocenters. The van der Waals surface area contributed by atoms with E-state index in [-0.39, 0.29) is 11.5 Å². The maximum atomic E-state index is 11.1. The summed E-state index contributed by atoms with van der Waals surface area (Å²) in [5, 5.41) is 26.7. The molecule has 0 fully saturated rings. The summed E-state index contributed by atoms with van der Waals surface area (Å²) in [5.41, 5.74) is 1.30. The van der Waals surface area contributed by atoms with E-state index in [9.17, 15) is 15.0 Å². The zero-order chi connectivity index (χ0) is 20.3. The lowest BCUT2D eigenvalue weighted by molar-refractivity contribution is -0.105. The summed E-state index contributed by atoms with van der Waals surface area (Å²) in [5.74, 6) is 1.38. The molecule has 9 heteroatoms. The van der Waals surface area contributed by atoms with Crippen molar-refractivity contribution in [2.24, 2.45) is 0 Å². The number of nitrogens with one attached hydrogen (secondary N) is 1. The van der Waals surface area contributed by atoms with Crippen LogP contribution in [0.5, 0.6) is 28.7 Å². The molecule has 0 radical (unpaired) electrons. The standard InChI is InChI=1S/C19H19N3O6/c1-26-16-6-11(7-17(27-2)19(16)28-3)22-18(20-10-23)9-14(21-22)13-5-4-12(24)8-15(13)25/h4-10,24-25H,1-3H3,(H,20,23). The molecule has 1 aromatic heterocycles. The number of ether oxygens (including phenoxy) is 3. The number of methoxy groups -OCH3 is 3.